The molecule has 0 aromatic heterocycles. The Hall–Kier alpha value is -2.59. The lowest BCUT2D eigenvalue weighted by atomic mass is 9.87. The zero-order valence-corrected chi connectivity index (χ0v) is 34.3. The first-order chi connectivity index (χ1) is 24.0. The highest BCUT2D eigenvalue weighted by Crippen LogP contribution is 2.55. The van der Waals surface area contributed by atoms with E-state index in [1.54, 1.807) is 34.6 Å². The summed E-state index contributed by atoms with van der Waals surface area (Å²) >= 11 is 0. The van der Waals surface area contributed by atoms with Crippen LogP contribution in [-0.4, -0.2) is 87.6 Å². The fourth-order valence-corrected chi connectivity index (χ4v) is 5.35. The molecule has 2 saturated heterocycles. The molecule has 316 valence electrons. The lowest BCUT2D eigenvalue weighted by Crippen LogP contribution is -2.63. The molecule has 11 nitrogen and oxygen atoms in total. The van der Waals surface area contributed by atoms with Crippen molar-refractivity contribution in [2.75, 3.05) is 6.61 Å². The van der Waals surface area contributed by atoms with Gasteiger partial charge in [0.1, 0.15) is 12.2 Å². The Bertz CT molecular complexity index is 1340. The predicted octanol–water partition coefficient (Wildman–Crippen LogP) is 7.61. The molecule has 3 aliphatic rings. The van der Waals surface area contributed by atoms with Gasteiger partial charge in [-0.2, -0.15) is 22.0 Å². The molecule has 0 amide bonds. The van der Waals surface area contributed by atoms with Gasteiger partial charge in [0, 0.05) is 5.92 Å². The Morgan fingerprint density at radius 3 is 1.63 bits per heavy atom. The third-order valence-electron chi connectivity index (χ3n) is 11.3. The number of carbonyl (C=O) groups is 4. The van der Waals surface area contributed by atoms with Crippen molar-refractivity contribution in [3.05, 3.63) is 0 Å². The van der Waals surface area contributed by atoms with E-state index in [2.05, 4.69) is 9.47 Å². The van der Waals surface area contributed by atoms with Crippen LogP contribution in [0.15, 0.2) is 0 Å². The molecule has 0 aromatic carbocycles. The minimum atomic E-state index is -5.74. The van der Waals surface area contributed by atoms with Crippen molar-refractivity contribution >= 4 is 23.9 Å². The average molecular weight is 791 g/mol. The molecular formula is C38H63F5O11. The smallest absolute Gasteiger partial charge is 0.449 e. The second-order valence-corrected chi connectivity index (χ2v) is 17.5. The van der Waals surface area contributed by atoms with Crippen LogP contribution in [0.4, 0.5) is 22.0 Å². The van der Waals surface area contributed by atoms with Crippen LogP contribution < -0.4 is 0 Å². The summed E-state index contributed by atoms with van der Waals surface area (Å²) in [5, 5.41) is 19.2. The van der Waals surface area contributed by atoms with Gasteiger partial charge in [0.05, 0.1) is 34.9 Å². The van der Waals surface area contributed by atoms with Crippen LogP contribution in [0.5, 0.6) is 0 Å². The normalized spacial score (nSPS) is 29.9. The van der Waals surface area contributed by atoms with Crippen molar-refractivity contribution in [3.63, 3.8) is 0 Å². The van der Waals surface area contributed by atoms with Gasteiger partial charge in [0.2, 0.25) is 5.60 Å². The summed E-state index contributed by atoms with van der Waals surface area (Å²) in [4.78, 5) is 46.9. The minimum Gasteiger partial charge on any atom is -0.462 e. The van der Waals surface area contributed by atoms with Crippen molar-refractivity contribution in [2.45, 2.75) is 189 Å². The monoisotopic (exact) mass is 790 g/mol. The fourth-order valence-electron chi connectivity index (χ4n) is 5.35. The predicted molar refractivity (Wildman–Crippen MR) is 187 cm³/mol. The number of rotatable bonds is 10. The van der Waals surface area contributed by atoms with Gasteiger partial charge in [-0.25, -0.2) is 0 Å². The van der Waals surface area contributed by atoms with Crippen LogP contribution in [0.3, 0.4) is 0 Å². The third kappa shape index (κ3) is 10.8. The summed E-state index contributed by atoms with van der Waals surface area (Å²) < 4.78 is 90.5. The minimum absolute atomic E-state index is 0.0686. The van der Waals surface area contributed by atoms with Gasteiger partial charge >= 0.3 is 41.8 Å². The molecule has 3 fully saturated rings. The number of alkyl halides is 5. The van der Waals surface area contributed by atoms with Gasteiger partial charge in [-0.15, -0.1) is 0 Å². The van der Waals surface area contributed by atoms with E-state index in [1.807, 2.05) is 41.5 Å². The molecule has 1 saturated carbocycles. The van der Waals surface area contributed by atoms with E-state index in [4.69, 9.17) is 14.2 Å². The van der Waals surface area contributed by atoms with Gasteiger partial charge in [-0.1, -0.05) is 20.8 Å². The Balaban J connectivity index is 0.000000410. The number of ether oxygens (including phenoxy) is 5. The molecule has 2 heterocycles. The molecule has 16 heteroatoms. The molecule has 6 atom stereocenters. The Morgan fingerprint density at radius 1 is 0.815 bits per heavy atom. The summed E-state index contributed by atoms with van der Waals surface area (Å²) in [5.74, 6) is -11.3. The molecule has 2 N–H and O–H groups in total. The maximum Gasteiger partial charge on any atom is 0.449 e. The Kier molecular flexibility index (Phi) is 15.4. The second-order valence-electron chi connectivity index (χ2n) is 17.5. The Labute approximate surface area is 316 Å². The number of esters is 4. The molecule has 0 spiro atoms. The maximum atomic E-state index is 14.0. The first-order valence-electron chi connectivity index (χ1n) is 18.4. The molecule has 3 rings (SSSR count). The molecular weight excluding hydrogens is 727 g/mol. The van der Waals surface area contributed by atoms with E-state index in [0.717, 1.165) is 25.7 Å². The summed E-state index contributed by atoms with van der Waals surface area (Å²) in [7, 11) is 0. The van der Waals surface area contributed by atoms with E-state index >= 15 is 0 Å². The lowest BCUT2D eigenvalue weighted by Gasteiger charge is -2.37. The van der Waals surface area contributed by atoms with Crippen molar-refractivity contribution < 1.29 is 75.0 Å². The second kappa shape index (κ2) is 16.9. The molecule has 54 heavy (non-hydrogen) atoms. The van der Waals surface area contributed by atoms with Gasteiger partial charge < -0.3 is 33.9 Å². The van der Waals surface area contributed by atoms with Crippen LogP contribution >= 0.6 is 0 Å². The summed E-state index contributed by atoms with van der Waals surface area (Å²) in [6.45, 7) is 22.2. The topological polar surface area (TPSA) is 155 Å². The van der Waals surface area contributed by atoms with E-state index < -0.39 is 63.5 Å². The first-order valence-corrected chi connectivity index (χ1v) is 18.4. The van der Waals surface area contributed by atoms with Crippen molar-refractivity contribution in [3.8, 4) is 0 Å². The van der Waals surface area contributed by atoms with E-state index in [1.165, 1.54) is 13.8 Å². The van der Waals surface area contributed by atoms with E-state index in [-0.39, 0.29) is 48.9 Å². The van der Waals surface area contributed by atoms with Crippen molar-refractivity contribution in [1.29, 1.82) is 0 Å². The first kappa shape index (κ1) is 49.4. The zero-order chi connectivity index (χ0) is 42.7. The van der Waals surface area contributed by atoms with Crippen LogP contribution in [0.2, 0.25) is 0 Å². The quantitative estimate of drug-likeness (QED) is 0.128. The largest absolute Gasteiger partial charge is 0.462 e. The number of aliphatic hydroxyl groups is 2. The van der Waals surface area contributed by atoms with Crippen LogP contribution in [0, 0.1) is 22.2 Å². The van der Waals surface area contributed by atoms with Crippen LogP contribution in [-0.2, 0) is 42.9 Å². The summed E-state index contributed by atoms with van der Waals surface area (Å²) in [6, 6.07) is 0. The SMILES string of the molecule is CCC(C)(C)C(=O)OC1(C)CC(=O)OC1C.CCC(C)(C)C(=O)OC1(C)COC(O)(C(F)(F)F)C1(F)F.CCC(C)(C)C(=O)OC1CCCC1C(C)(C)O. The highest BCUT2D eigenvalue weighted by Gasteiger charge is 2.82. The van der Waals surface area contributed by atoms with Gasteiger partial charge in [-0.05, 0) is 115 Å². The van der Waals surface area contributed by atoms with Crippen molar-refractivity contribution in [1.82, 2.24) is 0 Å². The molecule has 2 aliphatic heterocycles. The number of hydrogen-bond acceptors (Lipinski definition) is 11. The summed E-state index contributed by atoms with van der Waals surface area (Å²) in [5.41, 5.74) is -6.60. The van der Waals surface area contributed by atoms with Crippen LogP contribution in [0.1, 0.15) is 142 Å². The molecule has 1 aliphatic carbocycles. The molecule has 0 radical (unpaired) electrons. The lowest BCUT2D eigenvalue weighted by molar-refractivity contribution is -0.409. The molecule has 0 aromatic rings. The third-order valence-corrected chi connectivity index (χ3v) is 11.3. The maximum absolute atomic E-state index is 14.0. The molecule has 6 unspecified atom stereocenters. The molecule has 0 bridgehead atoms. The summed E-state index contributed by atoms with van der Waals surface area (Å²) in [6.07, 6.45) is -1.55. The van der Waals surface area contributed by atoms with Gasteiger partial charge in [0.15, 0.2) is 5.60 Å². The Morgan fingerprint density at radius 2 is 1.26 bits per heavy atom. The van der Waals surface area contributed by atoms with E-state index in [9.17, 15) is 51.3 Å². The highest BCUT2D eigenvalue weighted by molar-refractivity contribution is 5.79. The highest BCUT2D eigenvalue weighted by atomic mass is 19.4. The number of halogens is 5. The standard InChI is InChI=1S/C14H26O3.C12H17F5O4.C12H20O4/c1-6-13(2,3)12(15)17-11-9-7-8-10(11)14(4,5)16;1-5-8(2,3)7(18)21-9(4)6-20-11(19,10(9,13)14)12(15,16)17;1-6-11(3,4)10(14)16-12(5)7-9(13)15-8(12)2/h10-11,16H,6-9H2,1-5H3;19H,5-6H2,1-4H3;8H,6-7H2,1-5H3. The van der Waals surface area contributed by atoms with Crippen LogP contribution in [0.25, 0.3) is 0 Å². The fraction of sp³-hybridized carbons (Fsp3) is 0.895. The zero-order valence-electron chi connectivity index (χ0n) is 34.3. The average Bonchev–Trinajstić information content (AvgIpc) is 3.66. The van der Waals surface area contributed by atoms with Crippen molar-refractivity contribution in [2.24, 2.45) is 22.2 Å². The van der Waals surface area contributed by atoms with Gasteiger partial charge in [0.25, 0.3) is 0 Å². The van der Waals surface area contributed by atoms with E-state index in [0.29, 0.717) is 13.3 Å². The number of hydrogen-bond donors (Lipinski definition) is 2. The van der Waals surface area contributed by atoms with Gasteiger partial charge in [-0.3, -0.25) is 19.2 Å². The number of cyclic esters (lactones) is 1. The number of carbonyl (C=O) groups excluding carboxylic acids is 4.